The van der Waals surface area contributed by atoms with Crippen LogP contribution in [-0.4, -0.2) is 7.05 Å². The molecule has 0 bridgehead atoms. The second kappa shape index (κ2) is 6.69. The van der Waals surface area contributed by atoms with E-state index in [9.17, 15) is 0 Å². The summed E-state index contributed by atoms with van der Waals surface area (Å²) in [6, 6.07) is 6.96. The molecule has 1 N–H and O–H groups in total. The molecule has 1 atom stereocenters. The van der Waals surface area contributed by atoms with E-state index in [4.69, 9.17) is 0 Å². The monoisotopic (exact) mass is 329 g/mol. The number of aryl methyl sites for hydroxylation is 1. The molecule has 0 saturated carbocycles. The highest BCUT2D eigenvalue weighted by Gasteiger charge is 2.13. The number of hydrogen-bond donors (Lipinski definition) is 1. The zero-order valence-electron chi connectivity index (χ0n) is 9.78. The number of hydrogen-bond acceptors (Lipinski definition) is 3. The average molecular weight is 330 g/mol. The Kier molecular flexibility index (Phi) is 5.22. The van der Waals surface area contributed by atoms with Crippen molar-refractivity contribution in [1.29, 1.82) is 0 Å². The summed E-state index contributed by atoms with van der Waals surface area (Å²) in [4.78, 5) is 2.91. The van der Waals surface area contributed by atoms with Crippen molar-refractivity contribution in [3.8, 4) is 0 Å². The van der Waals surface area contributed by atoms with Crippen molar-refractivity contribution in [2.75, 3.05) is 7.05 Å². The van der Waals surface area contributed by atoms with E-state index in [1.54, 1.807) is 0 Å². The molecule has 0 saturated heterocycles. The van der Waals surface area contributed by atoms with Gasteiger partial charge >= 0.3 is 0 Å². The molecule has 17 heavy (non-hydrogen) atoms. The van der Waals surface area contributed by atoms with Crippen LogP contribution in [0.5, 0.6) is 0 Å². The van der Waals surface area contributed by atoms with Crippen molar-refractivity contribution in [3.05, 3.63) is 43.2 Å². The van der Waals surface area contributed by atoms with E-state index in [1.807, 2.05) is 29.7 Å². The van der Waals surface area contributed by atoms with Crippen LogP contribution >= 0.6 is 38.6 Å². The van der Waals surface area contributed by atoms with Gasteiger partial charge in [0.15, 0.2) is 0 Å². The molecule has 1 nitrogen and oxygen atoms in total. The van der Waals surface area contributed by atoms with Gasteiger partial charge in [-0.2, -0.15) is 0 Å². The average Bonchev–Trinajstić information content (AvgIpc) is 2.96. The van der Waals surface area contributed by atoms with Crippen LogP contribution in [-0.2, 0) is 6.42 Å². The van der Waals surface area contributed by atoms with Gasteiger partial charge in [-0.05, 0) is 65.1 Å². The van der Waals surface area contributed by atoms with Crippen LogP contribution in [0.4, 0.5) is 0 Å². The summed E-state index contributed by atoms with van der Waals surface area (Å²) in [5.41, 5.74) is 0. The van der Waals surface area contributed by atoms with Crippen LogP contribution < -0.4 is 5.32 Å². The first-order chi connectivity index (χ1) is 8.31. The van der Waals surface area contributed by atoms with Gasteiger partial charge in [0.1, 0.15) is 0 Å². The predicted octanol–water partition coefficient (Wildman–Crippen LogP) is 4.86. The van der Waals surface area contributed by atoms with Gasteiger partial charge in [0, 0.05) is 20.3 Å². The van der Waals surface area contributed by atoms with E-state index >= 15 is 0 Å². The van der Waals surface area contributed by atoms with Crippen LogP contribution in [0.15, 0.2) is 33.4 Å². The molecule has 0 aliphatic heterocycles. The van der Waals surface area contributed by atoms with Gasteiger partial charge in [-0.25, -0.2) is 0 Å². The summed E-state index contributed by atoms with van der Waals surface area (Å²) < 4.78 is 1.23. The van der Waals surface area contributed by atoms with Gasteiger partial charge in [0.2, 0.25) is 0 Å². The second-order valence-electron chi connectivity index (χ2n) is 3.95. The maximum atomic E-state index is 3.61. The Balaban J connectivity index is 1.86. The normalized spacial score (nSPS) is 12.8. The molecule has 92 valence electrons. The molecular weight excluding hydrogens is 314 g/mol. The summed E-state index contributed by atoms with van der Waals surface area (Å²) in [7, 11) is 2.04. The van der Waals surface area contributed by atoms with E-state index in [0.717, 1.165) is 0 Å². The molecule has 0 radical (unpaired) electrons. The fourth-order valence-corrected chi connectivity index (χ4v) is 4.44. The fourth-order valence-electron chi connectivity index (χ4n) is 1.90. The number of nitrogens with one attached hydrogen (secondary N) is 1. The maximum Gasteiger partial charge on any atom is 0.0423 e. The maximum absolute atomic E-state index is 3.61. The molecule has 2 aromatic heterocycles. The van der Waals surface area contributed by atoms with Gasteiger partial charge < -0.3 is 5.32 Å². The first-order valence-corrected chi connectivity index (χ1v) is 8.29. The number of rotatable bonds is 6. The lowest BCUT2D eigenvalue weighted by atomic mass is 10.1. The van der Waals surface area contributed by atoms with Crippen LogP contribution in [0.3, 0.4) is 0 Å². The molecule has 0 spiro atoms. The molecule has 0 aliphatic rings. The zero-order chi connectivity index (χ0) is 12.1. The largest absolute Gasteiger partial charge is 0.312 e. The number of thiophene rings is 2. The highest BCUT2D eigenvalue weighted by atomic mass is 79.9. The summed E-state index contributed by atoms with van der Waals surface area (Å²) in [6.07, 6.45) is 3.61. The summed E-state index contributed by atoms with van der Waals surface area (Å²) >= 11 is 7.29. The third-order valence-corrected chi connectivity index (χ3v) is 5.73. The topological polar surface area (TPSA) is 12.0 Å². The van der Waals surface area contributed by atoms with Crippen LogP contribution in [0.1, 0.15) is 28.6 Å². The lowest BCUT2D eigenvalue weighted by Gasteiger charge is -2.14. The van der Waals surface area contributed by atoms with E-state index < -0.39 is 0 Å². The molecule has 2 heterocycles. The molecule has 4 heteroatoms. The summed E-state index contributed by atoms with van der Waals surface area (Å²) in [5.74, 6) is 0. The van der Waals surface area contributed by atoms with Crippen LogP contribution in [0.2, 0.25) is 0 Å². The SMILES string of the molecule is CNC(CCCc1cccs1)c1sccc1Br. The fraction of sp³-hybridized carbons (Fsp3) is 0.385. The summed E-state index contributed by atoms with van der Waals surface area (Å²) in [5, 5.41) is 7.70. The van der Waals surface area contributed by atoms with Gasteiger partial charge in [0.05, 0.1) is 0 Å². The highest BCUT2D eigenvalue weighted by molar-refractivity contribution is 9.10. The Hall–Kier alpha value is -0.160. The minimum Gasteiger partial charge on any atom is -0.312 e. The van der Waals surface area contributed by atoms with E-state index in [2.05, 4.69) is 50.2 Å². The Morgan fingerprint density at radius 2 is 2.18 bits per heavy atom. The van der Waals surface area contributed by atoms with E-state index in [-0.39, 0.29) is 0 Å². The van der Waals surface area contributed by atoms with Crippen molar-refractivity contribution < 1.29 is 0 Å². The second-order valence-corrected chi connectivity index (χ2v) is 6.78. The van der Waals surface area contributed by atoms with Crippen molar-refractivity contribution in [3.63, 3.8) is 0 Å². The third-order valence-electron chi connectivity index (χ3n) is 2.81. The Morgan fingerprint density at radius 1 is 1.29 bits per heavy atom. The van der Waals surface area contributed by atoms with Gasteiger partial charge in [-0.3, -0.25) is 0 Å². The zero-order valence-corrected chi connectivity index (χ0v) is 13.0. The van der Waals surface area contributed by atoms with E-state index in [0.29, 0.717) is 6.04 Å². The predicted molar refractivity (Wildman–Crippen MR) is 81.1 cm³/mol. The lowest BCUT2D eigenvalue weighted by Crippen LogP contribution is -2.15. The molecule has 2 aromatic rings. The Bertz CT molecular complexity index is 436. The minimum absolute atomic E-state index is 0.476. The molecule has 0 aliphatic carbocycles. The molecule has 2 rings (SSSR count). The molecule has 0 amide bonds. The molecular formula is C13H16BrNS2. The van der Waals surface area contributed by atoms with Crippen molar-refractivity contribution in [2.45, 2.75) is 25.3 Å². The third kappa shape index (κ3) is 3.65. The van der Waals surface area contributed by atoms with E-state index in [1.165, 1.54) is 33.5 Å². The van der Waals surface area contributed by atoms with Gasteiger partial charge in [-0.15, -0.1) is 22.7 Å². The standard InChI is InChI=1S/C13H16BrNS2/c1-15-12(13-11(14)7-9-17-13)6-2-4-10-5-3-8-16-10/h3,5,7-9,12,15H,2,4,6H2,1H3. The van der Waals surface area contributed by atoms with Gasteiger partial charge in [-0.1, -0.05) is 6.07 Å². The first kappa shape index (κ1) is 13.3. The van der Waals surface area contributed by atoms with Crippen molar-refractivity contribution in [2.24, 2.45) is 0 Å². The van der Waals surface area contributed by atoms with Crippen LogP contribution in [0, 0.1) is 0 Å². The molecule has 0 fully saturated rings. The number of halogens is 1. The quantitative estimate of drug-likeness (QED) is 0.798. The smallest absolute Gasteiger partial charge is 0.0423 e. The molecule has 1 unspecified atom stereocenters. The van der Waals surface area contributed by atoms with Crippen molar-refractivity contribution in [1.82, 2.24) is 5.32 Å². The van der Waals surface area contributed by atoms with Gasteiger partial charge in [0.25, 0.3) is 0 Å². The highest BCUT2D eigenvalue weighted by Crippen LogP contribution is 2.31. The Labute approximate surface area is 119 Å². The van der Waals surface area contributed by atoms with Crippen LogP contribution in [0.25, 0.3) is 0 Å². The molecule has 0 aromatic carbocycles. The lowest BCUT2D eigenvalue weighted by molar-refractivity contribution is 0.534. The summed E-state index contributed by atoms with van der Waals surface area (Å²) in [6.45, 7) is 0. The Morgan fingerprint density at radius 3 is 2.76 bits per heavy atom. The van der Waals surface area contributed by atoms with Crippen molar-refractivity contribution >= 4 is 38.6 Å². The first-order valence-electron chi connectivity index (χ1n) is 5.74. The minimum atomic E-state index is 0.476.